The second-order valence-electron chi connectivity index (χ2n) is 12.2. The van der Waals surface area contributed by atoms with Crippen LogP contribution < -0.4 is 5.73 Å². The first-order chi connectivity index (χ1) is 28.6. The Morgan fingerprint density at radius 2 is 1.08 bits per heavy atom. The number of nitrogens with two attached hydrogens (primary N) is 1. The number of sulfone groups is 1. The summed E-state index contributed by atoms with van der Waals surface area (Å²) in [5.41, 5.74) is 5.47. The first-order valence-corrected chi connectivity index (χ1v) is 25.4. The number of benzene rings is 6. The van der Waals surface area contributed by atoms with Crippen LogP contribution >= 0.6 is 90.0 Å². The van der Waals surface area contributed by atoms with Gasteiger partial charge in [-0.25, -0.2) is 23.4 Å². The number of hydrogen-bond acceptors (Lipinski definition) is 10. The zero-order chi connectivity index (χ0) is 42.2. The van der Waals surface area contributed by atoms with Crippen LogP contribution in [0.3, 0.4) is 0 Å². The van der Waals surface area contributed by atoms with Crippen molar-refractivity contribution in [3.63, 3.8) is 0 Å². The topological polar surface area (TPSA) is 98.8 Å². The third kappa shape index (κ3) is 14.0. The van der Waals surface area contributed by atoms with Crippen LogP contribution in [0.5, 0.6) is 0 Å². The molecule has 0 atom stereocenters. The summed E-state index contributed by atoms with van der Waals surface area (Å²) >= 11 is 13.1. The smallest absolute Gasteiger partial charge is 0.224 e. The van der Waals surface area contributed by atoms with Crippen molar-refractivity contribution in [1.82, 2.24) is 15.0 Å². The molecule has 3 aromatic heterocycles. The van der Waals surface area contributed by atoms with Crippen LogP contribution in [0, 0.1) is 0 Å². The summed E-state index contributed by atoms with van der Waals surface area (Å²) in [6.45, 7) is 8.49. The van der Waals surface area contributed by atoms with E-state index < -0.39 is 9.84 Å². The van der Waals surface area contributed by atoms with Crippen LogP contribution in [-0.4, -0.2) is 23.4 Å². The molecule has 312 valence electrons. The fourth-order valence-corrected chi connectivity index (χ4v) is 11.0. The minimum absolute atomic E-state index is 0. The first-order valence-electron chi connectivity index (χ1n) is 18.9. The summed E-state index contributed by atoms with van der Waals surface area (Å²) in [6, 6.07) is 42.3. The van der Waals surface area contributed by atoms with Crippen molar-refractivity contribution in [2.75, 3.05) is 0 Å². The van der Waals surface area contributed by atoms with Crippen LogP contribution in [0.15, 0.2) is 172 Å². The van der Waals surface area contributed by atoms with E-state index in [2.05, 4.69) is 151 Å². The molecule has 0 saturated heterocycles. The standard InChI is InChI=1S/C15H13NS2.C14H12N2O2S2.C10H7Br.C5H6BrNS.C2H6.ClH/c1-2-14-16-15(10-17-14)18-13-8-7-11-5-3-4-6-12(11)9-13;15-8-13-16-14(9-19-13)20(17,18)12-6-5-10-3-1-2-4-11(10)7-12;11-10-6-5-8-3-1-2-4-9(8)7-10;1-2-5-7-4(6)3-8-5;1-2;/h3-10H,2H2,1H3;1-7,9H,8,15H2;1-7H;3H,2H2,1H3;1-2H3;1H. The van der Waals surface area contributed by atoms with Gasteiger partial charge in [0.25, 0.3) is 0 Å². The number of halogens is 3. The third-order valence-electron chi connectivity index (χ3n) is 8.33. The van der Waals surface area contributed by atoms with E-state index in [9.17, 15) is 8.42 Å². The van der Waals surface area contributed by atoms with E-state index in [1.54, 1.807) is 52.6 Å². The Kier molecular flexibility index (Phi) is 20.3. The maximum Gasteiger partial charge on any atom is 0.224 e. The lowest BCUT2D eigenvalue weighted by Crippen LogP contribution is -2.03. The summed E-state index contributed by atoms with van der Waals surface area (Å²) in [7, 11) is -3.58. The zero-order valence-corrected chi connectivity index (χ0v) is 41.5. The fraction of sp³-hybridized carbons (Fsp3) is 0.152. The Morgan fingerprint density at radius 3 is 1.60 bits per heavy atom. The predicted octanol–water partition coefficient (Wildman–Crippen LogP) is 15.1. The van der Waals surface area contributed by atoms with Gasteiger partial charge in [-0.15, -0.1) is 46.4 Å². The molecule has 0 aliphatic rings. The molecule has 0 aliphatic heterocycles. The third-order valence-corrected chi connectivity index (χ3v) is 15.2. The molecule has 3 heterocycles. The molecule has 60 heavy (non-hydrogen) atoms. The van der Waals surface area contributed by atoms with E-state index >= 15 is 0 Å². The average Bonchev–Trinajstić information content (AvgIpc) is 4.07. The molecule has 0 radical (unpaired) electrons. The minimum Gasteiger partial charge on any atom is -0.325 e. The highest BCUT2D eigenvalue weighted by Gasteiger charge is 2.21. The van der Waals surface area contributed by atoms with Gasteiger partial charge in [-0.05, 0) is 97.5 Å². The lowest BCUT2D eigenvalue weighted by molar-refractivity contribution is 0.593. The van der Waals surface area contributed by atoms with Crippen molar-refractivity contribution in [3.8, 4) is 0 Å². The largest absolute Gasteiger partial charge is 0.325 e. The maximum atomic E-state index is 12.5. The van der Waals surface area contributed by atoms with Crippen molar-refractivity contribution >= 4 is 132 Å². The van der Waals surface area contributed by atoms with Gasteiger partial charge >= 0.3 is 0 Å². The molecule has 14 heteroatoms. The maximum absolute atomic E-state index is 12.5. The van der Waals surface area contributed by atoms with Crippen molar-refractivity contribution in [2.24, 2.45) is 5.73 Å². The molecule has 2 N–H and O–H groups in total. The number of thiazole rings is 3. The highest BCUT2D eigenvalue weighted by Crippen LogP contribution is 2.31. The van der Waals surface area contributed by atoms with Crippen LogP contribution in [-0.2, 0) is 29.2 Å². The number of hydrogen-bond donors (Lipinski definition) is 1. The van der Waals surface area contributed by atoms with Gasteiger partial charge in [0.15, 0.2) is 5.03 Å². The molecule has 6 aromatic carbocycles. The summed E-state index contributed by atoms with van der Waals surface area (Å²) in [5.74, 6) is 0. The second kappa shape index (κ2) is 24.8. The van der Waals surface area contributed by atoms with Gasteiger partial charge in [-0.2, -0.15) is 0 Å². The van der Waals surface area contributed by atoms with E-state index in [1.165, 1.54) is 53.2 Å². The molecule has 0 fully saturated rings. The van der Waals surface area contributed by atoms with E-state index in [0.29, 0.717) is 5.01 Å². The second-order valence-corrected chi connectivity index (χ2v) is 19.8. The normalized spacial score (nSPS) is 10.5. The molecule has 0 saturated carbocycles. The molecule has 0 bridgehead atoms. The predicted molar refractivity (Wildman–Crippen MR) is 268 cm³/mol. The molecular formula is C46H45Br2ClN4O2S5. The monoisotopic (exact) mass is 1040 g/mol. The molecular weight excluding hydrogens is 996 g/mol. The zero-order valence-electron chi connectivity index (χ0n) is 33.4. The molecule has 0 unspecified atom stereocenters. The van der Waals surface area contributed by atoms with Gasteiger partial charge in [0.05, 0.1) is 14.9 Å². The highest BCUT2D eigenvalue weighted by molar-refractivity contribution is 9.10. The lowest BCUT2D eigenvalue weighted by Gasteiger charge is -2.03. The quantitative estimate of drug-likeness (QED) is 0.170. The fourth-order valence-electron chi connectivity index (χ4n) is 5.43. The lowest BCUT2D eigenvalue weighted by atomic mass is 10.1. The summed E-state index contributed by atoms with van der Waals surface area (Å²) in [6.07, 6.45) is 2.05. The van der Waals surface area contributed by atoms with Crippen LogP contribution in [0.4, 0.5) is 0 Å². The van der Waals surface area contributed by atoms with Crippen molar-refractivity contribution < 1.29 is 8.42 Å². The Balaban J connectivity index is 0.000000182. The first kappa shape index (κ1) is 49.2. The Labute approximate surface area is 392 Å². The number of rotatable bonds is 7. The van der Waals surface area contributed by atoms with Gasteiger partial charge in [-0.3, -0.25) is 0 Å². The Morgan fingerprint density at radius 1 is 0.583 bits per heavy atom. The van der Waals surface area contributed by atoms with Gasteiger partial charge < -0.3 is 5.73 Å². The Hall–Kier alpha value is -3.50. The number of aryl methyl sites for hydroxylation is 2. The summed E-state index contributed by atoms with van der Waals surface area (Å²) in [4.78, 5) is 14.3. The van der Waals surface area contributed by atoms with Crippen molar-refractivity contribution in [2.45, 2.75) is 66.9 Å². The van der Waals surface area contributed by atoms with E-state index in [1.807, 2.05) is 43.5 Å². The molecule has 0 amide bonds. The molecule has 9 aromatic rings. The van der Waals surface area contributed by atoms with Gasteiger partial charge in [0.1, 0.15) is 14.6 Å². The molecule has 6 nitrogen and oxygen atoms in total. The molecule has 9 rings (SSSR count). The van der Waals surface area contributed by atoms with Gasteiger partial charge in [0.2, 0.25) is 9.84 Å². The highest BCUT2D eigenvalue weighted by atomic mass is 79.9. The van der Waals surface area contributed by atoms with E-state index in [0.717, 1.165) is 37.7 Å². The number of fused-ring (bicyclic) bond motifs is 3. The minimum atomic E-state index is -3.58. The molecule has 0 spiro atoms. The number of nitrogens with zero attached hydrogens (tertiary/aromatic N) is 3. The van der Waals surface area contributed by atoms with Crippen LogP contribution in [0.25, 0.3) is 32.3 Å². The van der Waals surface area contributed by atoms with E-state index in [4.69, 9.17) is 5.73 Å². The van der Waals surface area contributed by atoms with Gasteiger partial charge in [0, 0.05) is 32.1 Å². The number of aromatic nitrogens is 3. The van der Waals surface area contributed by atoms with Crippen LogP contribution in [0.2, 0.25) is 0 Å². The van der Waals surface area contributed by atoms with Gasteiger partial charge in [-0.1, -0.05) is 146 Å². The SMILES string of the molecule is Brc1ccc2ccccc2c1.CC.CCc1nc(Br)cs1.CCc1nc(Sc2ccc3ccccc3c2)cs1.Cl.NCc1nc(S(=O)(=O)c2ccc3ccccc3c2)cs1. The summed E-state index contributed by atoms with van der Waals surface area (Å²) in [5, 5.41) is 16.9. The van der Waals surface area contributed by atoms with E-state index in [-0.39, 0.29) is 28.9 Å². The van der Waals surface area contributed by atoms with Crippen molar-refractivity contribution in [3.05, 3.63) is 168 Å². The van der Waals surface area contributed by atoms with Crippen LogP contribution in [0.1, 0.15) is 42.7 Å². The average molecular weight is 1040 g/mol. The van der Waals surface area contributed by atoms with Crippen molar-refractivity contribution in [1.29, 1.82) is 0 Å². The molecule has 0 aliphatic carbocycles. The Bertz CT molecular complexity index is 2830. The summed E-state index contributed by atoms with van der Waals surface area (Å²) < 4.78 is 27.1.